The predicted octanol–water partition coefficient (Wildman–Crippen LogP) is 6.21. The Balaban J connectivity index is 1.27. The molecular weight excluding hydrogens is 673 g/mol. The van der Waals surface area contributed by atoms with Crippen molar-refractivity contribution in [2.24, 2.45) is 5.73 Å². The van der Waals surface area contributed by atoms with Crippen LogP contribution in [-0.2, 0) is 41.1 Å². The molecule has 0 bridgehead atoms. The van der Waals surface area contributed by atoms with Gasteiger partial charge in [-0.25, -0.2) is 9.97 Å². The fourth-order valence-corrected chi connectivity index (χ4v) is 7.20. The Hall–Kier alpha value is -4.24. The summed E-state index contributed by atoms with van der Waals surface area (Å²) in [5.74, 6) is -0.548. The summed E-state index contributed by atoms with van der Waals surface area (Å²) in [4.78, 5) is 24.5. The zero-order valence-corrected chi connectivity index (χ0v) is 30.9. The molecule has 2 N–H and O–H groups in total. The fourth-order valence-electron chi connectivity index (χ4n) is 6.45. The number of ether oxygens (including phenoxy) is 3. The summed E-state index contributed by atoms with van der Waals surface area (Å²) in [5, 5.41) is 5.73. The number of carbonyl (C=O) groups excluding carboxylic acids is 1. The molecule has 0 radical (unpaired) electrons. The molecule has 11 nitrogen and oxygen atoms in total. The summed E-state index contributed by atoms with van der Waals surface area (Å²) in [5.41, 5.74) is 9.67. The molecule has 0 spiro atoms. The van der Waals surface area contributed by atoms with E-state index in [0.717, 1.165) is 31.2 Å². The van der Waals surface area contributed by atoms with Gasteiger partial charge in [-0.3, -0.25) is 14.4 Å². The molecule has 0 aliphatic carbocycles. The van der Waals surface area contributed by atoms with Crippen molar-refractivity contribution in [2.45, 2.75) is 83.9 Å². The van der Waals surface area contributed by atoms with Crippen LogP contribution in [0.3, 0.4) is 0 Å². The zero-order chi connectivity index (χ0) is 36.3. The van der Waals surface area contributed by atoms with Crippen molar-refractivity contribution in [3.63, 3.8) is 0 Å². The molecule has 5 aromatic rings. The Kier molecular flexibility index (Phi) is 10.9. The Labute approximate surface area is 297 Å². The molecule has 272 valence electrons. The maximum absolute atomic E-state index is 13.3. The third-order valence-electron chi connectivity index (χ3n) is 9.23. The Morgan fingerprint density at radius 3 is 2.67 bits per heavy atom. The number of hydrogen-bond donors (Lipinski definition) is 1. The number of rotatable bonds is 15. The quantitative estimate of drug-likeness (QED) is 0.100. The lowest BCUT2D eigenvalue weighted by atomic mass is 9.84. The van der Waals surface area contributed by atoms with Gasteiger partial charge >= 0.3 is 6.61 Å². The molecule has 1 aliphatic heterocycles. The maximum Gasteiger partial charge on any atom is 0.387 e. The molecule has 1 aliphatic rings. The van der Waals surface area contributed by atoms with E-state index in [-0.39, 0.29) is 24.1 Å². The number of halogens is 2. The first kappa shape index (κ1) is 36.5. The molecule has 1 fully saturated rings. The van der Waals surface area contributed by atoms with Crippen molar-refractivity contribution < 1.29 is 27.8 Å². The van der Waals surface area contributed by atoms with Crippen LogP contribution >= 0.6 is 0 Å². The minimum absolute atomic E-state index is 0.0553. The van der Waals surface area contributed by atoms with E-state index in [0.29, 0.717) is 54.1 Å². The van der Waals surface area contributed by atoms with Gasteiger partial charge in [0.05, 0.1) is 47.9 Å². The second kappa shape index (κ2) is 15.2. The monoisotopic (exact) mass is 719 g/mol. The van der Waals surface area contributed by atoms with Gasteiger partial charge in [-0.05, 0) is 29.8 Å². The van der Waals surface area contributed by atoms with E-state index < -0.39 is 26.0 Å². The Morgan fingerprint density at radius 1 is 1.16 bits per heavy atom. The maximum atomic E-state index is 13.3. The van der Waals surface area contributed by atoms with Crippen molar-refractivity contribution >= 4 is 36.0 Å². The summed E-state index contributed by atoms with van der Waals surface area (Å²) in [6.07, 6.45) is 3.62. The van der Waals surface area contributed by atoms with Crippen LogP contribution in [0.15, 0.2) is 60.9 Å². The average Bonchev–Trinajstić information content (AvgIpc) is 3.60. The summed E-state index contributed by atoms with van der Waals surface area (Å²) in [6.45, 7) is 12.2. The molecule has 1 atom stereocenters. The normalized spacial score (nSPS) is 16.0. The molecule has 3 aromatic heterocycles. The highest BCUT2D eigenvalue weighted by molar-refractivity contribution is 6.76. The van der Waals surface area contributed by atoms with Gasteiger partial charge in [0.15, 0.2) is 5.65 Å². The van der Waals surface area contributed by atoms with Gasteiger partial charge in [-0.2, -0.15) is 13.9 Å². The van der Waals surface area contributed by atoms with Gasteiger partial charge in [0.2, 0.25) is 0 Å². The van der Waals surface area contributed by atoms with Crippen LogP contribution in [0.4, 0.5) is 8.78 Å². The van der Waals surface area contributed by atoms with E-state index in [1.165, 1.54) is 11.6 Å². The second-order valence-electron chi connectivity index (χ2n) is 15.1. The van der Waals surface area contributed by atoms with Crippen molar-refractivity contribution in [3.8, 4) is 5.75 Å². The van der Waals surface area contributed by atoms with E-state index in [2.05, 4.69) is 36.7 Å². The first-order chi connectivity index (χ1) is 24.3. The van der Waals surface area contributed by atoms with Gasteiger partial charge in [0.1, 0.15) is 18.0 Å². The lowest BCUT2D eigenvalue weighted by Gasteiger charge is -2.33. The smallest absolute Gasteiger partial charge is 0.387 e. The number of nitrogens with two attached hydrogens (primary N) is 1. The van der Waals surface area contributed by atoms with Gasteiger partial charge in [0, 0.05) is 57.7 Å². The van der Waals surface area contributed by atoms with Crippen LogP contribution in [0.2, 0.25) is 25.7 Å². The summed E-state index contributed by atoms with van der Waals surface area (Å²) >= 11 is 0. The van der Waals surface area contributed by atoms with Crippen molar-refractivity contribution in [3.05, 3.63) is 83.4 Å². The third-order valence-corrected chi connectivity index (χ3v) is 10.9. The van der Waals surface area contributed by atoms with Crippen molar-refractivity contribution in [2.75, 3.05) is 26.3 Å². The molecule has 6 rings (SSSR count). The lowest BCUT2D eigenvalue weighted by Crippen LogP contribution is -2.43. The Morgan fingerprint density at radius 2 is 1.94 bits per heavy atom. The number of carbonyl (C=O) groups is 1. The summed E-state index contributed by atoms with van der Waals surface area (Å²) < 4.78 is 47.1. The highest BCUT2D eigenvalue weighted by atomic mass is 28.3. The zero-order valence-electron chi connectivity index (χ0n) is 29.9. The van der Waals surface area contributed by atoms with Gasteiger partial charge < -0.3 is 24.5 Å². The third kappa shape index (κ3) is 8.98. The molecule has 51 heavy (non-hydrogen) atoms. The van der Waals surface area contributed by atoms with E-state index in [1.807, 2.05) is 36.7 Å². The van der Waals surface area contributed by atoms with Crippen LogP contribution in [0.25, 0.3) is 22.1 Å². The van der Waals surface area contributed by atoms with Crippen molar-refractivity contribution in [1.29, 1.82) is 0 Å². The molecule has 14 heteroatoms. The van der Waals surface area contributed by atoms with Gasteiger partial charge in [-0.15, -0.1) is 0 Å². The predicted molar refractivity (Wildman–Crippen MR) is 195 cm³/mol. The standard InChI is InChI=1S/C37H47F2N7O4Si/c1-37(2,32-19-41-35-33(42-32)29(34(40)47)23-45(35)24-48-15-16-51(3,4)5)18-30-28-17-26(50-36(38)39)11-12-31(28)46(43-30)22-27-21-44(13-14-49-27)20-25-9-7-6-8-10-25/h6-12,17,19,23,27,36H,13-16,18,20-22,24H2,1-5H3,(H2,40,47). The number of amides is 1. The highest BCUT2D eigenvalue weighted by Gasteiger charge is 2.30. The van der Waals surface area contributed by atoms with E-state index in [1.54, 1.807) is 29.1 Å². The fraction of sp³-hybridized carbons (Fsp3) is 0.459. The SMILES string of the molecule is CC(C)(Cc1nn(CC2CN(Cc3ccccc3)CCO2)c2ccc(OC(F)F)cc12)c1cnc2c(n1)c(C(N)=O)cn2COCC[Si](C)(C)C. The van der Waals surface area contributed by atoms with Gasteiger partial charge in [-0.1, -0.05) is 63.8 Å². The summed E-state index contributed by atoms with van der Waals surface area (Å²) in [7, 11) is -1.27. The number of primary amides is 1. The minimum Gasteiger partial charge on any atom is -0.435 e. The first-order valence-corrected chi connectivity index (χ1v) is 21.0. The summed E-state index contributed by atoms with van der Waals surface area (Å²) in [6, 6.07) is 16.3. The number of fused-ring (bicyclic) bond motifs is 2. The highest BCUT2D eigenvalue weighted by Crippen LogP contribution is 2.33. The average molecular weight is 720 g/mol. The molecule has 1 unspecified atom stereocenters. The van der Waals surface area contributed by atoms with Crippen LogP contribution in [0.1, 0.15) is 41.2 Å². The Bertz CT molecular complexity index is 1980. The second-order valence-corrected chi connectivity index (χ2v) is 20.7. The molecular formula is C37H47F2N7O4Si. The number of morpholine rings is 1. The molecule has 1 saturated heterocycles. The number of aromatic nitrogens is 5. The molecule has 4 heterocycles. The minimum atomic E-state index is -2.96. The van der Waals surface area contributed by atoms with Crippen molar-refractivity contribution in [1.82, 2.24) is 29.2 Å². The van der Waals surface area contributed by atoms with E-state index in [4.69, 9.17) is 35.0 Å². The molecule has 2 aromatic carbocycles. The van der Waals surface area contributed by atoms with Crippen LogP contribution in [-0.4, -0.2) is 82.2 Å². The number of alkyl halides is 2. The number of nitrogens with zero attached hydrogens (tertiary/aromatic N) is 6. The largest absolute Gasteiger partial charge is 0.435 e. The topological polar surface area (TPSA) is 123 Å². The lowest BCUT2D eigenvalue weighted by molar-refractivity contribution is -0.0497. The van der Waals surface area contributed by atoms with Crippen LogP contribution < -0.4 is 10.5 Å². The molecule has 0 saturated carbocycles. The van der Waals surface area contributed by atoms with E-state index in [9.17, 15) is 13.6 Å². The van der Waals surface area contributed by atoms with Crippen LogP contribution in [0, 0.1) is 0 Å². The number of benzene rings is 2. The first-order valence-electron chi connectivity index (χ1n) is 17.3. The van der Waals surface area contributed by atoms with E-state index >= 15 is 0 Å². The number of hydrogen-bond acceptors (Lipinski definition) is 8. The molecule has 1 amide bonds. The van der Waals surface area contributed by atoms with Gasteiger partial charge in [0.25, 0.3) is 5.91 Å². The van der Waals surface area contributed by atoms with Crippen LogP contribution in [0.5, 0.6) is 5.75 Å².